The predicted molar refractivity (Wildman–Crippen MR) is 126 cm³/mol. The Morgan fingerprint density at radius 3 is 2.76 bits per heavy atom. The standard InChI is InChI=1S/C23H26F2N4O3S/c1-15(16-6-4-7-18(12-16)26-22(30)32-11-5-10-28(2)3)29-23(31)33-14-21(27-29)17-8-9-19(24)20(25)13-17/h4,6-9,12-13,15H,5,10-11,14H2,1-3H3,(H,26,30). The molecule has 1 heterocycles. The minimum absolute atomic E-state index is 0.257. The second kappa shape index (κ2) is 11.2. The van der Waals surface area contributed by atoms with Gasteiger partial charge in [0.15, 0.2) is 11.6 Å². The average Bonchev–Trinajstić information content (AvgIpc) is 2.78. The number of nitrogens with one attached hydrogen (secondary N) is 1. The van der Waals surface area contributed by atoms with Gasteiger partial charge in [-0.15, -0.1) is 0 Å². The van der Waals surface area contributed by atoms with Gasteiger partial charge in [-0.25, -0.2) is 18.6 Å². The van der Waals surface area contributed by atoms with Gasteiger partial charge in [0.05, 0.1) is 18.4 Å². The Morgan fingerprint density at radius 2 is 2.03 bits per heavy atom. The normalized spacial score (nSPS) is 14.8. The Balaban J connectivity index is 1.70. The molecule has 0 bridgehead atoms. The van der Waals surface area contributed by atoms with E-state index in [2.05, 4.69) is 10.4 Å². The summed E-state index contributed by atoms with van der Waals surface area (Å²) in [5.74, 6) is -1.65. The molecule has 0 aromatic heterocycles. The zero-order valence-electron chi connectivity index (χ0n) is 18.7. The van der Waals surface area contributed by atoms with Crippen LogP contribution < -0.4 is 5.32 Å². The van der Waals surface area contributed by atoms with Crippen molar-refractivity contribution in [1.29, 1.82) is 0 Å². The lowest BCUT2D eigenvalue weighted by molar-refractivity contribution is 0.156. The highest BCUT2D eigenvalue weighted by atomic mass is 32.2. The van der Waals surface area contributed by atoms with E-state index >= 15 is 0 Å². The molecule has 7 nitrogen and oxygen atoms in total. The van der Waals surface area contributed by atoms with Gasteiger partial charge in [-0.05, 0) is 63.3 Å². The van der Waals surface area contributed by atoms with Gasteiger partial charge >= 0.3 is 11.3 Å². The van der Waals surface area contributed by atoms with Crippen LogP contribution in [0.15, 0.2) is 47.6 Å². The molecular weight excluding hydrogens is 450 g/mol. The van der Waals surface area contributed by atoms with E-state index in [0.29, 0.717) is 23.6 Å². The van der Waals surface area contributed by atoms with Crippen molar-refractivity contribution in [2.75, 3.05) is 38.3 Å². The molecule has 176 valence electrons. The maximum Gasteiger partial charge on any atom is 0.411 e. The van der Waals surface area contributed by atoms with E-state index in [4.69, 9.17) is 4.74 Å². The summed E-state index contributed by atoms with van der Waals surface area (Å²) in [6.07, 6.45) is 0.173. The highest BCUT2D eigenvalue weighted by Gasteiger charge is 2.28. The SMILES string of the molecule is CC(c1cccc(NC(=O)OCCCN(C)C)c1)N1N=C(c2ccc(F)c(F)c2)CSC1=O. The van der Waals surface area contributed by atoms with Crippen LogP contribution in [-0.4, -0.2) is 60.0 Å². The summed E-state index contributed by atoms with van der Waals surface area (Å²) in [6, 6.07) is 10.1. The number of carbonyl (C=O) groups is 2. The van der Waals surface area contributed by atoms with Crippen molar-refractivity contribution in [3.05, 3.63) is 65.2 Å². The largest absolute Gasteiger partial charge is 0.449 e. The summed E-state index contributed by atoms with van der Waals surface area (Å²) in [6.45, 7) is 2.92. The van der Waals surface area contributed by atoms with Gasteiger partial charge in [-0.3, -0.25) is 10.1 Å². The number of hydrogen-bond donors (Lipinski definition) is 1. The predicted octanol–water partition coefficient (Wildman–Crippen LogP) is 5.10. The Morgan fingerprint density at radius 1 is 1.24 bits per heavy atom. The lowest BCUT2D eigenvalue weighted by Crippen LogP contribution is -2.32. The van der Waals surface area contributed by atoms with Gasteiger partial charge in [-0.1, -0.05) is 23.9 Å². The first-order valence-electron chi connectivity index (χ1n) is 10.4. The van der Waals surface area contributed by atoms with Crippen LogP contribution >= 0.6 is 11.8 Å². The fraction of sp³-hybridized carbons (Fsp3) is 0.348. The molecule has 1 aliphatic heterocycles. The molecule has 1 N–H and O–H groups in total. The van der Waals surface area contributed by atoms with Crippen LogP contribution in [0.25, 0.3) is 0 Å². The molecule has 0 aliphatic carbocycles. The van der Waals surface area contributed by atoms with Crippen LogP contribution in [0, 0.1) is 11.6 Å². The van der Waals surface area contributed by atoms with Crippen molar-refractivity contribution in [1.82, 2.24) is 9.91 Å². The molecule has 0 fully saturated rings. The number of rotatable bonds is 8. The summed E-state index contributed by atoms with van der Waals surface area (Å²) >= 11 is 1.04. The second-order valence-corrected chi connectivity index (χ2v) is 8.72. The zero-order valence-corrected chi connectivity index (χ0v) is 19.5. The smallest absolute Gasteiger partial charge is 0.411 e. The van der Waals surface area contributed by atoms with E-state index in [1.807, 2.05) is 25.1 Å². The minimum Gasteiger partial charge on any atom is -0.449 e. The van der Waals surface area contributed by atoms with Crippen LogP contribution in [-0.2, 0) is 4.74 Å². The van der Waals surface area contributed by atoms with Gasteiger partial charge in [0.2, 0.25) is 0 Å². The van der Waals surface area contributed by atoms with Gasteiger partial charge < -0.3 is 9.64 Å². The van der Waals surface area contributed by atoms with Crippen LogP contribution in [0.4, 0.5) is 24.1 Å². The fourth-order valence-corrected chi connectivity index (χ4v) is 3.99. The van der Waals surface area contributed by atoms with Gasteiger partial charge in [-0.2, -0.15) is 5.10 Å². The Bertz CT molecular complexity index is 1050. The molecule has 0 spiro atoms. The number of thioether (sulfide) groups is 1. The Labute approximate surface area is 195 Å². The Hall–Kier alpha value is -2.98. The van der Waals surface area contributed by atoms with E-state index in [9.17, 15) is 18.4 Å². The third-order valence-electron chi connectivity index (χ3n) is 4.97. The lowest BCUT2D eigenvalue weighted by Gasteiger charge is -2.29. The van der Waals surface area contributed by atoms with Crippen molar-refractivity contribution in [2.24, 2.45) is 5.10 Å². The molecule has 33 heavy (non-hydrogen) atoms. The van der Waals surface area contributed by atoms with Crippen molar-refractivity contribution in [2.45, 2.75) is 19.4 Å². The minimum atomic E-state index is -0.968. The monoisotopic (exact) mass is 476 g/mol. The van der Waals surface area contributed by atoms with Gasteiger partial charge in [0.25, 0.3) is 0 Å². The summed E-state index contributed by atoms with van der Waals surface area (Å²) in [4.78, 5) is 26.6. The summed E-state index contributed by atoms with van der Waals surface area (Å²) in [5.41, 5.74) is 2.16. The molecule has 0 radical (unpaired) electrons. The van der Waals surface area contributed by atoms with Crippen LogP contribution in [0.3, 0.4) is 0 Å². The highest BCUT2D eigenvalue weighted by Crippen LogP contribution is 2.30. The van der Waals surface area contributed by atoms with E-state index in [1.54, 1.807) is 25.1 Å². The van der Waals surface area contributed by atoms with Crippen molar-refractivity contribution < 1.29 is 23.1 Å². The van der Waals surface area contributed by atoms with Crippen LogP contribution in [0.5, 0.6) is 0 Å². The van der Waals surface area contributed by atoms with Gasteiger partial charge in [0, 0.05) is 23.5 Å². The number of ether oxygens (including phenoxy) is 1. The second-order valence-electron chi connectivity index (χ2n) is 7.79. The fourth-order valence-electron chi connectivity index (χ4n) is 3.17. The number of halogens is 2. The maximum absolute atomic E-state index is 13.6. The number of benzene rings is 2. The molecule has 1 unspecified atom stereocenters. The third kappa shape index (κ3) is 6.75. The highest BCUT2D eigenvalue weighted by molar-refractivity contribution is 8.14. The first kappa shape index (κ1) is 24.7. The number of carbonyl (C=O) groups excluding carboxylic acids is 2. The maximum atomic E-state index is 13.6. The number of anilines is 1. The molecule has 2 aromatic carbocycles. The molecule has 10 heteroatoms. The summed E-state index contributed by atoms with van der Waals surface area (Å²) in [5, 5.41) is 8.15. The van der Waals surface area contributed by atoms with Crippen LogP contribution in [0.1, 0.15) is 30.5 Å². The number of hydrazone groups is 1. The van der Waals surface area contributed by atoms with Crippen LogP contribution in [0.2, 0.25) is 0 Å². The molecular formula is C23H26F2N4O3S. The van der Waals surface area contributed by atoms with E-state index < -0.39 is 23.8 Å². The quantitative estimate of drug-likeness (QED) is 0.537. The average molecular weight is 477 g/mol. The lowest BCUT2D eigenvalue weighted by atomic mass is 10.1. The molecule has 1 atom stereocenters. The van der Waals surface area contributed by atoms with E-state index in [1.165, 1.54) is 11.1 Å². The summed E-state index contributed by atoms with van der Waals surface area (Å²) < 4.78 is 32.1. The third-order valence-corrected chi connectivity index (χ3v) is 5.82. The molecule has 1 aliphatic rings. The molecule has 0 saturated heterocycles. The summed E-state index contributed by atoms with van der Waals surface area (Å²) in [7, 11) is 3.90. The molecule has 3 rings (SSSR count). The van der Waals surface area contributed by atoms with Crippen molar-refractivity contribution in [3.8, 4) is 0 Å². The zero-order chi connectivity index (χ0) is 24.0. The van der Waals surface area contributed by atoms with Crippen molar-refractivity contribution in [3.63, 3.8) is 0 Å². The molecule has 2 amide bonds. The van der Waals surface area contributed by atoms with E-state index in [0.717, 1.165) is 42.4 Å². The van der Waals surface area contributed by atoms with E-state index in [-0.39, 0.29) is 11.0 Å². The number of amides is 2. The number of nitrogens with zero attached hydrogens (tertiary/aromatic N) is 3. The van der Waals surface area contributed by atoms with Gasteiger partial charge in [0.1, 0.15) is 0 Å². The van der Waals surface area contributed by atoms with Crippen molar-refractivity contribution >= 4 is 34.5 Å². The first-order chi connectivity index (χ1) is 15.7. The number of hydrogen-bond acceptors (Lipinski definition) is 6. The Kier molecular flexibility index (Phi) is 8.40. The first-order valence-corrected chi connectivity index (χ1v) is 11.4. The topological polar surface area (TPSA) is 74.2 Å². The molecule has 2 aromatic rings. The molecule has 0 saturated carbocycles.